The van der Waals surface area contributed by atoms with Gasteiger partial charge in [-0.2, -0.15) is 0 Å². The first kappa shape index (κ1) is 17.4. The van der Waals surface area contributed by atoms with Crippen molar-refractivity contribution in [3.8, 4) is 5.75 Å². The summed E-state index contributed by atoms with van der Waals surface area (Å²) in [7, 11) is -3.64. The van der Waals surface area contributed by atoms with Gasteiger partial charge in [0.2, 0.25) is 15.9 Å². The number of aryl methyl sites for hydroxylation is 1. The Labute approximate surface area is 147 Å². The molecule has 1 heterocycles. The molecule has 1 aliphatic heterocycles. The van der Waals surface area contributed by atoms with E-state index in [0.717, 1.165) is 16.9 Å². The number of carbonyl (C=O) groups excluding carboxylic acids is 1. The lowest BCUT2D eigenvalue weighted by Gasteiger charge is -2.12. The summed E-state index contributed by atoms with van der Waals surface area (Å²) in [4.78, 5) is 11.5. The number of sulfonamides is 1. The number of nitrogens with one attached hydrogen (secondary N) is 2. The van der Waals surface area contributed by atoms with Crippen LogP contribution >= 0.6 is 0 Å². The molecule has 0 bridgehead atoms. The van der Waals surface area contributed by atoms with Crippen molar-refractivity contribution in [2.24, 2.45) is 0 Å². The maximum atomic E-state index is 12.4. The second-order valence-electron chi connectivity index (χ2n) is 5.99. The Hall–Kier alpha value is -2.38. The minimum Gasteiger partial charge on any atom is -0.492 e. The summed E-state index contributed by atoms with van der Waals surface area (Å²) in [6.45, 7) is 4.35. The Morgan fingerprint density at radius 2 is 2.00 bits per heavy atom. The molecule has 0 saturated heterocycles. The van der Waals surface area contributed by atoms with Gasteiger partial charge in [0.05, 0.1) is 11.3 Å². The predicted octanol–water partition coefficient (Wildman–Crippen LogP) is 2.16. The molecule has 0 spiro atoms. The van der Waals surface area contributed by atoms with Crippen molar-refractivity contribution >= 4 is 21.6 Å². The third-order valence-corrected chi connectivity index (χ3v) is 5.68. The van der Waals surface area contributed by atoms with Crippen LogP contribution in [-0.4, -0.2) is 27.5 Å². The van der Waals surface area contributed by atoms with Gasteiger partial charge in [0.25, 0.3) is 0 Å². The van der Waals surface area contributed by atoms with E-state index in [-0.39, 0.29) is 30.4 Å². The fourth-order valence-electron chi connectivity index (χ4n) is 2.67. The standard InChI is InChI=1S/C18H20N2O4S/c1-12-4-3-5-17(13(12)2)24-9-8-19-25(22,23)15-6-7-16-14(10-15)11-18(21)20-16/h3-7,10,19H,8-9,11H2,1-2H3,(H,20,21). The molecule has 1 amide bonds. The maximum Gasteiger partial charge on any atom is 0.240 e. The number of anilines is 1. The van der Waals surface area contributed by atoms with Gasteiger partial charge in [-0.1, -0.05) is 12.1 Å². The van der Waals surface area contributed by atoms with Crippen LogP contribution < -0.4 is 14.8 Å². The van der Waals surface area contributed by atoms with E-state index in [1.165, 1.54) is 12.1 Å². The molecule has 7 heteroatoms. The molecule has 0 aliphatic carbocycles. The van der Waals surface area contributed by atoms with Crippen LogP contribution in [-0.2, 0) is 21.2 Å². The van der Waals surface area contributed by atoms with Crippen molar-refractivity contribution in [2.45, 2.75) is 25.2 Å². The molecule has 2 N–H and O–H groups in total. The summed E-state index contributed by atoms with van der Waals surface area (Å²) in [5, 5.41) is 2.68. The van der Waals surface area contributed by atoms with Crippen LogP contribution in [0.25, 0.3) is 0 Å². The molecule has 0 unspecified atom stereocenters. The highest BCUT2D eigenvalue weighted by atomic mass is 32.2. The van der Waals surface area contributed by atoms with Gasteiger partial charge in [-0.25, -0.2) is 13.1 Å². The van der Waals surface area contributed by atoms with Crippen molar-refractivity contribution in [1.82, 2.24) is 4.72 Å². The Balaban J connectivity index is 1.60. The fraction of sp³-hybridized carbons (Fsp3) is 0.278. The summed E-state index contributed by atoms with van der Waals surface area (Å²) in [5.41, 5.74) is 3.53. The lowest BCUT2D eigenvalue weighted by molar-refractivity contribution is -0.115. The van der Waals surface area contributed by atoms with E-state index in [2.05, 4.69) is 10.0 Å². The molecule has 0 radical (unpaired) electrons. The normalized spacial score (nSPS) is 13.4. The minimum atomic E-state index is -3.64. The summed E-state index contributed by atoms with van der Waals surface area (Å²) in [6.07, 6.45) is 0.203. The number of hydrogen-bond acceptors (Lipinski definition) is 4. The van der Waals surface area contributed by atoms with Gasteiger partial charge in [0.15, 0.2) is 0 Å². The Bertz CT molecular complexity index is 923. The minimum absolute atomic E-state index is 0.126. The molecule has 1 aliphatic rings. The molecular weight excluding hydrogens is 340 g/mol. The second kappa shape index (κ2) is 6.85. The van der Waals surface area contributed by atoms with Crippen molar-refractivity contribution in [3.05, 3.63) is 53.1 Å². The Kier molecular flexibility index (Phi) is 4.78. The van der Waals surface area contributed by atoms with Crippen LogP contribution in [0.3, 0.4) is 0 Å². The quantitative estimate of drug-likeness (QED) is 0.773. The number of rotatable bonds is 6. The van der Waals surface area contributed by atoms with Gasteiger partial charge in [-0.3, -0.25) is 4.79 Å². The third-order valence-electron chi connectivity index (χ3n) is 4.22. The van der Waals surface area contributed by atoms with Gasteiger partial charge in [-0.15, -0.1) is 0 Å². The van der Waals surface area contributed by atoms with Crippen molar-refractivity contribution in [2.75, 3.05) is 18.5 Å². The van der Waals surface area contributed by atoms with Crippen molar-refractivity contribution < 1.29 is 17.9 Å². The fourth-order valence-corrected chi connectivity index (χ4v) is 3.74. The van der Waals surface area contributed by atoms with Gasteiger partial charge in [0, 0.05) is 12.2 Å². The number of amides is 1. The smallest absolute Gasteiger partial charge is 0.240 e. The van der Waals surface area contributed by atoms with Gasteiger partial charge in [0.1, 0.15) is 12.4 Å². The van der Waals surface area contributed by atoms with Crippen LogP contribution in [0, 0.1) is 13.8 Å². The number of benzene rings is 2. The number of hydrogen-bond donors (Lipinski definition) is 2. The van der Waals surface area contributed by atoms with E-state index >= 15 is 0 Å². The molecule has 132 valence electrons. The first-order valence-corrected chi connectivity index (χ1v) is 9.46. The topological polar surface area (TPSA) is 84.5 Å². The maximum absolute atomic E-state index is 12.4. The number of ether oxygens (including phenoxy) is 1. The molecule has 6 nitrogen and oxygen atoms in total. The first-order valence-electron chi connectivity index (χ1n) is 7.98. The van der Waals surface area contributed by atoms with E-state index in [4.69, 9.17) is 4.74 Å². The third kappa shape index (κ3) is 3.83. The molecule has 25 heavy (non-hydrogen) atoms. The van der Waals surface area contributed by atoms with Crippen molar-refractivity contribution in [3.63, 3.8) is 0 Å². The SMILES string of the molecule is Cc1cccc(OCCNS(=O)(=O)c2ccc3c(c2)CC(=O)N3)c1C. The summed E-state index contributed by atoms with van der Waals surface area (Å²) in [6, 6.07) is 10.4. The molecule has 2 aromatic rings. The highest BCUT2D eigenvalue weighted by Crippen LogP contribution is 2.25. The van der Waals surface area contributed by atoms with Crippen LogP contribution in [0.2, 0.25) is 0 Å². The number of fused-ring (bicyclic) bond motifs is 1. The number of carbonyl (C=O) groups is 1. The lowest BCUT2D eigenvalue weighted by atomic mass is 10.1. The van der Waals surface area contributed by atoms with Crippen molar-refractivity contribution in [1.29, 1.82) is 0 Å². The van der Waals surface area contributed by atoms with Crippen LogP contribution in [0.1, 0.15) is 16.7 Å². The summed E-state index contributed by atoms with van der Waals surface area (Å²) in [5.74, 6) is 0.626. The molecule has 0 atom stereocenters. The zero-order chi connectivity index (χ0) is 18.0. The highest BCUT2D eigenvalue weighted by molar-refractivity contribution is 7.89. The largest absolute Gasteiger partial charge is 0.492 e. The molecule has 0 fully saturated rings. The Morgan fingerprint density at radius 1 is 1.20 bits per heavy atom. The zero-order valence-electron chi connectivity index (χ0n) is 14.1. The average Bonchev–Trinajstić information content (AvgIpc) is 2.94. The average molecular weight is 360 g/mol. The molecule has 0 saturated carbocycles. The molecule has 3 rings (SSSR count). The van der Waals surface area contributed by atoms with E-state index in [1.54, 1.807) is 6.07 Å². The predicted molar refractivity (Wildman–Crippen MR) is 95.4 cm³/mol. The van der Waals surface area contributed by atoms with Gasteiger partial charge >= 0.3 is 0 Å². The summed E-state index contributed by atoms with van der Waals surface area (Å²) >= 11 is 0. The van der Waals surface area contributed by atoms with Gasteiger partial charge < -0.3 is 10.1 Å². The lowest BCUT2D eigenvalue weighted by Crippen LogP contribution is -2.28. The summed E-state index contributed by atoms with van der Waals surface area (Å²) < 4.78 is 32.9. The van der Waals surface area contributed by atoms with E-state index in [9.17, 15) is 13.2 Å². The second-order valence-corrected chi connectivity index (χ2v) is 7.76. The monoisotopic (exact) mass is 360 g/mol. The van der Waals surface area contributed by atoms with Crippen LogP contribution in [0.4, 0.5) is 5.69 Å². The van der Waals surface area contributed by atoms with Crippen LogP contribution in [0.15, 0.2) is 41.3 Å². The zero-order valence-corrected chi connectivity index (χ0v) is 14.9. The molecule has 0 aromatic heterocycles. The van der Waals surface area contributed by atoms with E-state index in [0.29, 0.717) is 11.3 Å². The van der Waals surface area contributed by atoms with Gasteiger partial charge in [-0.05, 0) is 54.8 Å². The first-order chi connectivity index (χ1) is 11.9. The highest BCUT2D eigenvalue weighted by Gasteiger charge is 2.21. The van der Waals surface area contributed by atoms with E-state index < -0.39 is 10.0 Å². The van der Waals surface area contributed by atoms with Crippen LogP contribution in [0.5, 0.6) is 5.75 Å². The molecule has 2 aromatic carbocycles. The Morgan fingerprint density at radius 3 is 2.80 bits per heavy atom. The van der Waals surface area contributed by atoms with E-state index in [1.807, 2.05) is 32.0 Å². The molecular formula is C18H20N2O4S.